The summed E-state index contributed by atoms with van der Waals surface area (Å²) in [5, 5.41) is 15.6. The second kappa shape index (κ2) is 12.0. The van der Waals surface area contributed by atoms with Gasteiger partial charge in [0.1, 0.15) is 0 Å². The molecule has 0 unspecified atom stereocenters. The molecule has 0 radical (unpaired) electrons. The standard InChI is InChI=1S/C57H38/c1-57(2)52-34-40-32-37(29-30-38(40)33-51(52)55-45-22-7-5-20-42(45)43-21-6-12-27-50(43)56(55)57)36-17-13-18-39(31-36)53-46-23-8-10-25-48(46)54(49-26-11-9-24-47(49)53)44-28-14-16-35-15-3-4-19-41(35)44/h3-34H,1-2H3. The van der Waals surface area contributed by atoms with E-state index in [-0.39, 0.29) is 5.41 Å². The summed E-state index contributed by atoms with van der Waals surface area (Å²) in [5.41, 5.74) is 13.0. The van der Waals surface area contributed by atoms with Crippen molar-refractivity contribution < 1.29 is 0 Å². The van der Waals surface area contributed by atoms with Gasteiger partial charge in [-0.15, -0.1) is 0 Å². The largest absolute Gasteiger partial charge is 0.0616 e. The van der Waals surface area contributed by atoms with Crippen LogP contribution in [0.1, 0.15) is 25.0 Å². The highest BCUT2D eigenvalue weighted by Crippen LogP contribution is 2.55. The zero-order valence-electron chi connectivity index (χ0n) is 32.0. The first kappa shape index (κ1) is 32.2. The minimum atomic E-state index is -0.140. The Kier molecular flexibility index (Phi) is 6.78. The van der Waals surface area contributed by atoms with Crippen LogP contribution in [0.3, 0.4) is 0 Å². The lowest BCUT2D eigenvalue weighted by atomic mass is 9.79. The minimum absolute atomic E-state index is 0.140. The minimum Gasteiger partial charge on any atom is -0.0616 e. The van der Waals surface area contributed by atoms with E-state index in [2.05, 4.69) is 208 Å². The summed E-state index contributed by atoms with van der Waals surface area (Å²) in [5.74, 6) is 0. The van der Waals surface area contributed by atoms with Crippen LogP contribution in [0, 0.1) is 0 Å². The van der Waals surface area contributed by atoms with Crippen LogP contribution in [0.2, 0.25) is 0 Å². The van der Waals surface area contributed by atoms with Gasteiger partial charge < -0.3 is 0 Å². The maximum atomic E-state index is 2.48. The van der Waals surface area contributed by atoms with Crippen LogP contribution in [0.15, 0.2) is 194 Å². The van der Waals surface area contributed by atoms with Gasteiger partial charge in [-0.05, 0) is 145 Å². The van der Waals surface area contributed by atoms with E-state index >= 15 is 0 Å². The average Bonchev–Trinajstić information content (AvgIpc) is 3.50. The molecular formula is C57H38. The van der Waals surface area contributed by atoms with Crippen LogP contribution < -0.4 is 0 Å². The molecule has 57 heavy (non-hydrogen) atoms. The third kappa shape index (κ3) is 4.62. The molecule has 0 saturated carbocycles. The van der Waals surface area contributed by atoms with Crippen molar-refractivity contribution in [1.82, 2.24) is 0 Å². The second-order valence-electron chi connectivity index (χ2n) is 16.4. The van der Waals surface area contributed by atoms with Gasteiger partial charge in [0.25, 0.3) is 0 Å². The third-order valence-electron chi connectivity index (χ3n) is 13.0. The molecule has 0 heteroatoms. The van der Waals surface area contributed by atoms with Crippen molar-refractivity contribution in [3.05, 3.63) is 205 Å². The van der Waals surface area contributed by atoms with Crippen molar-refractivity contribution >= 4 is 64.6 Å². The Hall–Kier alpha value is -7.02. The Morgan fingerprint density at radius 1 is 0.281 bits per heavy atom. The van der Waals surface area contributed by atoms with E-state index in [0.717, 1.165) is 0 Å². The Bertz CT molecular complexity index is 3430. The zero-order valence-corrected chi connectivity index (χ0v) is 32.0. The van der Waals surface area contributed by atoms with Crippen LogP contribution in [0.25, 0.3) is 109 Å². The molecule has 0 atom stereocenters. The number of benzene rings is 11. The maximum Gasteiger partial charge on any atom is 0.0165 e. The molecule has 266 valence electrons. The van der Waals surface area contributed by atoms with Gasteiger partial charge in [-0.25, -0.2) is 0 Å². The first-order chi connectivity index (χ1) is 28.0. The highest BCUT2D eigenvalue weighted by molar-refractivity contribution is 6.24. The Balaban J connectivity index is 1.03. The van der Waals surface area contributed by atoms with E-state index in [1.165, 1.54) is 120 Å². The summed E-state index contributed by atoms with van der Waals surface area (Å²) in [6.45, 7) is 4.83. The molecule has 0 spiro atoms. The number of rotatable bonds is 3. The molecule has 0 aromatic heterocycles. The van der Waals surface area contributed by atoms with E-state index in [1.807, 2.05) is 0 Å². The predicted molar refractivity (Wildman–Crippen MR) is 245 cm³/mol. The smallest absolute Gasteiger partial charge is 0.0165 e. The molecule has 1 aliphatic carbocycles. The summed E-state index contributed by atoms with van der Waals surface area (Å²) >= 11 is 0. The van der Waals surface area contributed by atoms with Gasteiger partial charge in [0.2, 0.25) is 0 Å². The third-order valence-corrected chi connectivity index (χ3v) is 13.0. The lowest BCUT2D eigenvalue weighted by Gasteiger charge is -2.24. The van der Waals surface area contributed by atoms with Crippen LogP contribution in [0.5, 0.6) is 0 Å². The van der Waals surface area contributed by atoms with Gasteiger partial charge in [-0.3, -0.25) is 0 Å². The normalized spacial score (nSPS) is 13.2. The Labute approximate surface area is 332 Å². The molecule has 0 aliphatic heterocycles. The molecule has 11 aromatic rings. The van der Waals surface area contributed by atoms with Gasteiger partial charge in [-0.2, -0.15) is 0 Å². The average molecular weight is 723 g/mol. The summed E-state index contributed by atoms with van der Waals surface area (Å²) in [6, 6.07) is 72.5. The second-order valence-corrected chi connectivity index (χ2v) is 16.4. The number of hydrogen-bond donors (Lipinski definition) is 0. The summed E-state index contributed by atoms with van der Waals surface area (Å²) in [4.78, 5) is 0. The van der Waals surface area contributed by atoms with Crippen molar-refractivity contribution in [1.29, 1.82) is 0 Å². The van der Waals surface area contributed by atoms with Gasteiger partial charge in [0.15, 0.2) is 0 Å². The van der Waals surface area contributed by atoms with Crippen molar-refractivity contribution in [2.75, 3.05) is 0 Å². The maximum absolute atomic E-state index is 2.48. The molecule has 0 saturated heterocycles. The van der Waals surface area contributed by atoms with Crippen molar-refractivity contribution in [3.8, 4) is 44.5 Å². The molecular weight excluding hydrogens is 685 g/mol. The molecule has 0 heterocycles. The molecule has 0 fully saturated rings. The predicted octanol–water partition coefficient (Wildman–Crippen LogP) is 15.9. The Morgan fingerprint density at radius 2 is 0.789 bits per heavy atom. The lowest BCUT2D eigenvalue weighted by Crippen LogP contribution is -2.15. The summed E-state index contributed by atoms with van der Waals surface area (Å²) < 4.78 is 0. The van der Waals surface area contributed by atoms with Crippen LogP contribution in [-0.4, -0.2) is 0 Å². The van der Waals surface area contributed by atoms with Gasteiger partial charge >= 0.3 is 0 Å². The van der Waals surface area contributed by atoms with Crippen LogP contribution >= 0.6 is 0 Å². The number of hydrogen-bond acceptors (Lipinski definition) is 0. The van der Waals surface area contributed by atoms with Crippen molar-refractivity contribution in [3.63, 3.8) is 0 Å². The van der Waals surface area contributed by atoms with E-state index in [4.69, 9.17) is 0 Å². The monoisotopic (exact) mass is 722 g/mol. The van der Waals surface area contributed by atoms with Gasteiger partial charge in [0, 0.05) is 5.41 Å². The molecule has 0 bridgehead atoms. The fourth-order valence-electron chi connectivity index (χ4n) is 10.4. The first-order valence-electron chi connectivity index (χ1n) is 20.1. The lowest BCUT2D eigenvalue weighted by molar-refractivity contribution is 0.667. The van der Waals surface area contributed by atoms with E-state index in [0.29, 0.717) is 0 Å². The molecule has 0 amide bonds. The molecule has 0 N–H and O–H groups in total. The molecule has 11 aromatic carbocycles. The van der Waals surface area contributed by atoms with E-state index < -0.39 is 0 Å². The molecule has 0 nitrogen and oxygen atoms in total. The van der Waals surface area contributed by atoms with Crippen LogP contribution in [-0.2, 0) is 5.41 Å². The fourth-order valence-corrected chi connectivity index (χ4v) is 10.4. The fraction of sp³-hybridized carbons (Fsp3) is 0.0526. The van der Waals surface area contributed by atoms with Crippen molar-refractivity contribution in [2.45, 2.75) is 19.3 Å². The quantitative estimate of drug-likeness (QED) is 0.126. The van der Waals surface area contributed by atoms with Crippen LogP contribution in [0.4, 0.5) is 0 Å². The Morgan fingerprint density at radius 3 is 1.49 bits per heavy atom. The van der Waals surface area contributed by atoms with Crippen molar-refractivity contribution in [2.24, 2.45) is 0 Å². The zero-order chi connectivity index (χ0) is 37.8. The highest BCUT2D eigenvalue weighted by Gasteiger charge is 2.38. The molecule has 1 aliphatic rings. The van der Waals surface area contributed by atoms with E-state index in [9.17, 15) is 0 Å². The molecule has 12 rings (SSSR count). The summed E-state index contributed by atoms with van der Waals surface area (Å²) in [6.07, 6.45) is 0. The van der Waals surface area contributed by atoms with E-state index in [1.54, 1.807) is 0 Å². The first-order valence-corrected chi connectivity index (χ1v) is 20.1. The highest BCUT2D eigenvalue weighted by atomic mass is 14.4. The van der Waals surface area contributed by atoms with Gasteiger partial charge in [-0.1, -0.05) is 184 Å². The SMILES string of the molecule is CC1(C)c2cc3cc(-c4cccc(-c5c6ccccc6c(-c6cccc7ccccc67)c6ccccc56)c4)ccc3cc2-c2c1c1ccccc1c1ccccc21. The van der Waals surface area contributed by atoms with Gasteiger partial charge in [0.05, 0.1) is 0 Å². The topological polar surface area (TPSA) is 0 Å². The number of fused-ring (bicyclic) bond motifs is 12. The summed E-state index contributed by atoms with van der Waals surface area (Å²) in [7, 11) is 0.